The van der Waals surface area contributed by atoms with Gasteiger partial charge in [-0.3, -0.25) is 9.48 Å². The highest BCUT2D eigenvalue weighted by Crippen LogP contribution is 2.62. The molecule has 0 atom stereocenters. The number of allylic oxidation sites excluding steroid dienone is 1. The van der Waals surface area contributed by atoms with Crippen molar-refractivity contribution in [2.45, 2.75) is 65.7 Å². The van der Waals surface area contributed by atoms with Crippen molar-refractivity contribution in [1.82, 2.24) is 15.1 Å². The van der Waals surface area contributed by atoms with Crippen molar-refractivity contribution in [3.8, 4) is 0 Å². The van der Waals surface area contributed by atoms with E-state index in [1.807, 2.05) is 24.7 Å². The van der Waals surface area contributed by atoms with Crippen molar-refractivity contribution in [2.75, 3.05) is 6.54 Å². The third-order valence-electron chi connectivity index (χ3n) is 7.56. The van der Waals surface area contributed by atoms with Gasteiger partial charge in [-0.25, -0.2) is 0 Å². The molecule has 4 fully saturated rings. The zero-order valence-electron chi connectivity index (χ0n) is 16.8. The molecule has 0 radical (unpaired) electrons. The summed E-state index contributed by atoms with van der Waals surface area (Å²) in [4.78, 5) is 12.5. The van der Waals surface area contributed by atoms with E-state index in [1.54, 1.807) is 0 Å². The quantitative estimate of drug-likeness (QED) is 0.815. The van der Waals surface area contributed by atoms with Crippen molar-refractivity contribution >= 4 is 5.91 Å². The molecule has 4 nitrogen and oxygen atoms in total. The van der Waals surface area contributed by atoms with Crippen LogP contribution in [0, 0.1) is 37.0 Å². The van der Waals surface area contributed by atoms with E-state index in [1.165, 1.54) is 55.4 Å². The number of carbonyl (C=O) groups excluding carboxylic acids is 1. The Morgan fingerprint density at radius 1 is 1.19 bits per heavy atom. The minimum Gasteiger partial charge on any atom is -0.352 e. The van der Waals surface area contributed by atoms with Gasteiger partial charge in [-0.15, -0.1) is 0 Å². The maximum Gasteiger partial charge on any atom is 0.243 e. The lowest BCUT2D eigenvalue weighted by Gasteiger charge is -2.57. The molecule has 0 aromatic carbocycles. The van der Waals surface area contributed by atoms with Crippen LogP contribution in [0.15, 0.2) is 11.6 Å². The lowest BCUT2D eigenvalue weighted by atomic mass is 9.48. The number of nitrogens with one attached hydrogen (secondary N) is 1. The summed E-state index contributed by atoms with van der Waals surface area (Å²) in [6.07, 6.45) is 11.1. The summed E-state index contributed by atoms with van der Waals surface area (Å²) < 4.78 is 1.92. The third kappa shape index (κ3) is 3.12. The van der Waals surface area contributed by atoms with Crippen LogP contribution < -0.4 is 5.32 Å². The number of hydrogen-bond donors (Lipinski definition) is 1. The summed E-state index contributed by atoms with van der Waals surface area (Å²) in [5, 5.41) is 7.56. The number of hydrogen-bond acceptors (Lipinski definition) is 2. The number of carbonyl (C=O) groups is 1. The second kappa shape index (κ2) is 6.54. The predicted molar refractivity (Wildman–Crippen MR) is 104 cm³/mol. The van der Waals surface area contributed by atoms with Gasteiger partial charge >= 0.3 is 0 Å². The van der Waals surface area contributed by atoms with Crippen molar-refractivity contribution < 1.29 is 4.79 Å². The van der Waals surface area contributed by atoms with E-state index in [0.29, 0.717) is 12.0 Å². The summed E-state index contributed by atoms with van der Waals surface area (Å²) in [6, 6.07) is 0. The molecule has 1 aromatic rings. The van der Waals surface area contributed by atoms with Crippen molar-refractivity contribution in [2.24, 2.45) is 30.2 Å². The largest absolute Gasteiger partial charge is 0.352 e. The minimum absolute atomic E-state index is 0.0810. The van der Waals surface area contributed by atoms with Gasteiger partial charge in [0.25, 0.3) is 0 Å². The van der Waals surface area contributed by atoms with Crippen molar-refractivity contribution in [3.05, 3.63) is 28.6 Å². The highest BCUT2D eigenvalue weighted by Gasteiger charge is 2.51. The fourth-order valence-electron chi connectivity index (χ4n) is 6.48. The van der Waals surface area contributed by atoms with Gasteiger partial charge in [0.05, 0.1) is 5.69 Å². The van der Waals surface area contributed by atoms with Gasteiger partial charge in [0.2, 0.25) is 5.91 Å². The second-order valence-corrected chi connectivity index (χ2v) is 9.34. The second-order valence-electron chi connectivity index (χ2n) is 9.34. The Bertz CT molecular complexity index is 708. The maximum absolute atomic E-state index is 12.5. The van der Waals surface area contributed by atoms with Crippen LogP contribution in [0.5, 0.6) is 0 Å². The first-order valence-corrected chi connectivity index (χ1v) is 10.3. The first kappa shape index (κ1) is 17.8. The van der Waals surface area contributed by atoms with E-state index in [9.17, 15) is 4.79 Å². The molecule has 1 aromatic heterocycles. The molecule has 0 aliphatic heterocycles. The van der Waals surface area contributed by atoms with Gasteiger partial charge in [-0.1, -0.05) is 5.57 Å². The van der Waals surface area contributed by atoms with Crippen molar-refractivity contribution in [1.29, 1.82) is 0 Å². The van der Waals surface area contributed by atoms with Gasteiger partial charge in [-0.05, 0) is 94.4 Å². The molecule has 4 aliphatic rings. The average molecular weight is 356 g/mol. The van der Waals surface area contributed by atoms with Gasteiger partial charge in [0.1, 0.15) is 0 Å². The maximum atomic E-state index is 12.5. The fraction of sp³-hybridized carbons (Fsp3) is 0.727. The van der Waals surface area contributed by atoms with E-state index >= 15 is 0 Å². The number of rotatable bonds is 5. The van der Waals surface area contributed by atoms with Crippen LogP contribution in [0.1, 0.15) is 62.4 Å². The molecule has 4 heteroatoms. The van der Waals surface area contributed by atoms with Crippen LogP contribution in [0.3, 0.4) is 0 Å². The van der Waals surface area contributed by atoms with Gasteiger partial charge in [-0.2, -0.15) is 5.10 Å². The third-order valence-corrected chi connectivity index (χ3v) is 7.56. The molecule has 5 rings (SSSR count). The molecule has 4 aliphatic carbocycles. The highest BCUT2D eigenvalue weighted by molar-refractivity contribution is 5.88. The summed E-state index contributed by atoms with van der Waals surface area (Å²) in [5.41, 5.74) is 5.19. The normalized spacial score (nSPS) is 32.9. The van der Waals surface area contributed by atoms with E-state index in [-0.39, 0.29) is 5.91 Å². The molecular weight excluding hydrogens is 322 g/mol. The summed E-state index contributed by atoms with van der Waals surface area (Å²) >= 11 is 0. The van der Waals surface area contributed by atoms with Crippen molar-refractivity contribution in [3.63, 3.8) is 0 Å². The molecular formula is C22H33N3O. The molecule has 0 saturated heterocycles. The number of nitrogens with zero attached hydrogens (tertiary/aromatic N) is 2. The lowest BCUT2D eigenvalue weighted by molar-refractivity contribution is -0.116. The standard InChI is InChI=1S/C22H33N3O/c1-14(22-11-17-8-18(12-22)10-19(9-17)13-22)7-21(26)23-6-5-20-15(2)24-25(4)16(20)3/h7,17-19H,5-6,8-13H2,1-4H3,(H,23,26). The van der Waals surface area contributed by atoms with Crippen LogP contribution in [0.2, 0.25) is 0 Å². The molecule has 1 N–H and O–H groups in total. The van der Waals surface area contributed by atoms with Crippen LogP contribution in [-0.2, 0) is 18.3 Å². The molecule has 4 bridgehead atoms. The van der Waals surface area contributed by atoms with E-state index in [4.69, 9.17) is 0 Å². The highest BCUT2D eigenvalue weighted by atomic mass is 16.1. The molecule has 4 saturated carbocycles. The Balaban J connectivity index is 1.36. The lowest BCUT2D eigenvalue weighted by Crippen LogP contribution is -2.46. The molecule has 142 valence electrons. The van der Waals surface area contributed by atoms with Crippen LogP contribution in [-0.4, -0.2) is 22.2 Å². The monoisotopic (exact) mass is 355 g/mol. The zero-order chi connectivity index (χ0) is 18.5. The number of amides is 1. The van der Waals surface area contributed by atoms with Crippen LogP contribution >= 0.6 is 0 Å². The van der Waals surface area contributed by atoms with Crippen LogP contribution in [0.25, 0.3) is 0 Å². The minimum atomic E-state index is 0.0810. The van der Waals surface area contributed by atoms with Gasteiger partial charge in [0, 0.05) is 25.4 Å². The summed E-state index contributed by atoms with van der Waals surface area (Å²) in [6.45, 7) is 7.02. The molecule has 1 amide bonds. The molecule has 1 heterocycles. The molecule has 0 spiro atoms. The topological polar surface area (TPSA) is 46.9 Å². The SMILES string of the molecule is CC(=CC(=O)NCCc1c(C)nn(C)c1C)C12CC3CC(CC(C3)C1)C2. The molecule has 26 heavy (non-hydrogen) atoms. The van der Waals surface area contributed by atoms with E-state index < -0.39 is 0 Å². The number of aryl methyl sites for hydroxylation is 2. The Kier molecular flexibility index (Phi) is 4.48. The smallest absolute Gasteiger partial charge is 0.243 e. The first-order chi connectivity index (χ1) is 12.4. The Morgan fingerprint density at radius 2 is 1.77 bits per heavy atom. The predicted octanol–water partition coefficient (Wildman–Crippen LogP) is 3.86. The van der Waals surface area contributed by atoms with E-state index in [2.05, 4.69) is 24.3 Å². The Morgan fingerprint density at radius 3 is 2.27 bits per heavy atom. The average Bonchev–Trinajstić information content (AvgIpc) is 2.79. The van der Waals surface area contributed by atoms with Gasteiger partial charge in [0.15, 0.2) is 0 Å². The summed E-state index contributed by atoms with van der Waals surface area (Å²) in [7, 11) is 1.97. The Hall–Kier alpha value is -1.58. The zero-order valence-corrected chi connectivity index (χ0v) is 16.8. The summed E-state index contributed by atoms with van der Waals surface area (Å²) in [5.74, 6) is 2.84. The molecule has 0 unspecified atom stereocenters. The Labute approximate surface area is 157 Å². The van der Waals surface area contributed by atoms with Crippen LogP contribution in [0.4, 0.5) is 0 Å². The fourth-order valence-corrected chi connectivity index (χ4v) is 6.48. The first-order valence-electron chi connectivity index (χ1n) is 10.3. The van der Waals surface area contributed by atoms with Gasteiger partial charge < -0.3 is 5.32 Å². The van der Waals surface area contributed by atoms with E-state index in [0.717, 1.165) is 29.9 Å². The number of aromatic nitrogens is 2.